The molecule has 1 atom stereocenters. The summed E-state index contributed by atoms with van der Waals surface area (Å²) >= 11 is 0. The van der Waals surface area contributed by atoms with E-state index in [4.69, 9.17) is 9.16 Å². The van der Waals surface area contributed by atoms with Crippen LogP contribution in [0.2, 0.25) is 18.1 Å². The van der Waals surface area contributed by atoms with Crippen LogP contribution in [0, 0.1) is 5.92 Å². The first-order chi connectivity index (χ1) is 11.7. The first-order valence-corrected chi connectivity index (χ1v) is 12.5. The smallest absolute Gasteiger partial charge is 0.192 e. The molecule has 0 bridgehead atoms. The maximum absolute atomic E-state index is 13.0. The van der Waals surface area contributed by atoms with Crippen molar-refractivity contribution in [2.75, 3.05) is 13.2 Å². The summed E-state index contributed by atoms with van der Waals surface area (Å²) in [7, 11) is -1.82. The van der Waals surface area contributed by atoms with Gasteiger partial charge in [0.25, 0.3) is 0 Å². The Morgan fingerprint density at radius 3 is 2.48 bits per heavy atom. The maximum Gasteiger partial charge on any atom is 0.192 e. The van der Waals surface area contributed by atoms with Crippen LogP contribution in [0.1, 0.15) is 67.6 Å². The van der Waals surface area contributed by atoms with E-state index in [1.54, 1.807) is 0 Å². The van der Waals surface area contributed by atoms with Crippen molar-refractivity contribution in [3.8, 4) is 0 Å². The van der Waals surface area contributed by atoms with Crippen molar-refractivity contribution in [3.63, 3.8) is 0 Å². The molecule has 0 unspecified atom stereocenters. The van der Waals surface area contributed by atoms with Gasteiger partial charge in [-0.15, -0.1) is 0 Å². The third-order valence-electron chi connectivity index (χ3n) is 6.32. The Kier molecular flexibility index (Phi) is 5.25. The molecule has 0 spiro atoms. The number of rotatable bonds is 4. The lowest BCUT2D eigenvalue weighted by Gasteiger charge is -2.38. The Hall–Kier alpha value is -0.973. The summed E-state index contributed by atoms with van der Waals surface area (Å²) in [6, 6.07) is 6.23. The van der Waals surface area contributed by atoms with Gasteiger partial charge in [0.05, 0.1) is 6.10 Å². The predicted octanol–water partition coefficient (Wildman–Crippen LogP) is 5.31. The van der Waals surface area contributed by atoms with Crippen molar-refractivity contribution < 1.29 is 14.0 Å². The first kappa shape index (κ1) is 18.8. The summed E-state index contributed by atoms with van der Waals surface area (Å²) in [6.07, 6.45) is 3.82. The molecular formula is C21H32O3Si. The van der Waals surface area contributed by atoms with Gasteiger partial charge in [-0.25, -0.2) is 0 Å². The number of Topliss-reactive ketones (excluding diaryl/α,β-unsaturated/α-hetero) is 1. The van der Waals surface area contributed by atoms with Crippen LogP contribution in [0.15, 0.2) is 18.2 Å². The van der Waals surface area contributed by atoms with E-state index in [-0.39, 0.29) is 17.1 Å². The van der Waals surface area contributed by atoms with Gasteiger partial charge in [0.2, 0.25) is 0 Å². The molecule has 1 aromatic carbocycles. The number of fused-ring (bicyclic) bond motifs is 1. The molecule has 4 heteroatoms. The molecule has 138 valence electrons. The van der Waals surface area contributed by atoms with E-state index in [2.05, 4.69) is 39.9 Å². The summed E-state index contributed by atoms with van der Waals surface area (Å²) in [4.78, 5) is 13.0. The highest BCUT2D eigenvalue weighted by molar-refractivity contribution is 6.74. The second-order valence-corrected chi connectivity index (χ2v) is 13.8. The van der Waals surface area contributed by atoms with Crippen LogP contribution in [-0.4, -0.2) is 27.3 Å². The summed E-state index contributed by atoms with van der Waals surface area (Å²) in [5.74, 6) is 0.439. The van der Waals surface area contributed by atoms with Crippen molar-refractivity contribution in [3.05, 3.63) is 34.9 Å². The highest BCUT2D eigenvalue weighted by Crippen LogP contribution is 2.44. The maximum atomic E-state index is 13.0. The van der Waals surface area contributed by atoms with Crippen LogP contribution >= 0.6 is 0 Å². The molecule has 1 aliphatic carbocycles. The standard InChI is InChI=1S/C21H32O3Si/c1-21(2,3)25(4,5)24-19-10-9-16-17(19)7-6-8-18(16)20(22)15-11-13-23-14-12-15/h6-8,15,19H,9-14H2,1-5H3/t19-/m0/s1. The van der Waals surface area contributed by atoms with Crippen LogP contribution in [-0.2, 0) is 15.6 Å². The van der Waals surface area contributed by atoms with Crippen molar-refractivity contribution in [2.24, 2.45) is 5.92 Å². The van der Waals surface area contributed by atoms with Crippen LogP contribution in [0.3, 0.4) is 0 Å². The molecule has 1 aliphatic heterocycles. The Morgan fingerprint density at radius 2 is 1.84 bits per heavy atom. The molecule has 3 nitrogen and oxygen atoms in total. The van der Waals surface area contributed by atoms with Crippen molar-refractivity contribution in [2.45, 2.75) is 70.7 Å². The van der Waals surface area contributed by atoms with Crippen LogP contribution in [0.25, 0.3) is 0 Å². The summed E-state index contributed by atoms with van der Waals surface area (Å²) < 4.78 is 12.1. The van der Waals surface area contributed by atoms with Crippen LogP contribution < -0.4 is 0 Å². The zero-order chi connectivity index (χ0) is 18.2. The Balaban J connectivity index is 1.83. The summed E-state index contributed by atoms with van der Waals surface area (Å²) in [5.41, 5.74) is 3.43. The normalized spacial score (nSPS) is 22.0. The third kappa shape index (κ3) is 3.76. The molecule has 0 amide bonds. The number of carbonyl (C=O) groups excluding carboxylic acids is 1. The lowest BCUT2D eigenvalue weighted by molar-refractivity contribution is 0.0544. The molecule has 1 heterocycles. The van der Waals surface area contributed by atoms with Gasteiger partial charge in [-0.2, -0.15) is 0 Å². The number of benzene rings is 1. The molecular weight excluding hydrogens is 328 g/mol. The van der Waals surface area contributed by atoms with Crippen molar-refractivity contribution >= 4 is 14.1 Å². The molecule has 0 radical (unpaired) electrons. The third-order valence-corrected chi connectivity index (χ3v) is 10.8. The van der Waals surface area contributed by atoms with E-state index in [9.17, 15) is 4.79 Å². The van der Waals surface area contributed by atoms with E-state index >= 15 is 0 Å². The zero-order valence-electron chi connectivity index (χ0n) is 16.4. The fourth-order valence-electron chi connectivity index (χ4n) is 3.68. The fourth-order valence-corrected chi connectivity index (χ4v) is 4.99. The molecule has 0 saturated carbocycles. The van der Waals surface area contributed by atoms with Gasteiger partial charge in [-0.3, -0.25) is 4.79 Å². The van der Waals surface area contributed by atoms with Gasteiger partial charge in [-0.05, 0) is 54.9 Å². The minimum absolute atomic E-state index is 0.126. The lowest BCUT2D eigenvalue weighted by Crippen LogP contribution is -2.41. The molecule has 2 aliphatic rings. The predicted molar refractivity (Wildman–Crippen MR) is 104 cm³/mol. The highest BCUT2D eigenvalue weighted by atomic mass is 28.4. The molecule has 25 heavy (non-hydrogen) atoms. The summed E-state index contributed by atoms with van der Waals surface area (Å²) in [6.45, 7) is 12.9. The van der Waals surface area contributed by atoms with E-state index in [0.29, 0.717) is 19.0 Å². The Morgan fingerprint density at radius 1 is 1.16 bits per heavy atom. The van der Waals surface area contributed by atoms with Gasteiger partial charge in [0.1, 0.15) is 0 Å². The number of hydrogen-bond acceptors (Lipinski definition) is 3. The van der Waals surface area contributed by atoms with E-state index in [0.717, 1.165) is 31.2 Å². The minimum Gasteiger partial charge on any atom is -0.410 e. The summed E-state index contributed by atoms with van der Waals surface area (Å²) in [5, 5.41) is 0.200. The largest absolute Gasteiger partial charge is 0.410 e. The van der Waals surface area contributed by atoms with E-state index in [1.807, 2.05) is 12.1 Å². The molecule has 3 rings (SSSR count). The average Bonchev–Trinajstić information content (AvgIpc) is 2.96. The van der Waals surface area contributed by atoms with Crippen molar-refractivity contribution in [1.29, 1.82) is 0 Å². The quantitative estimate of drug-likeness (QED) is 0.539. The molecule has 1 saturated heterocycles. The highest BCUT2D eigenvalue weighted by Gasteiger charge is 2.41. The number of ether oxygens (including phenoxy) is 1. The topological polar surface area (TPSA) is 35.5 Å². The first-order valence-electron chi connectivity index (χ1n) is 9.62. The second-order valence-electron chi connectivity index (χ2n) is 9.03. The van der Waals surface area contributed by atoms with Crippen LogP contribution in [0.5, 0.6) is 0 Å². The molecule has 0 N–H and O–H groups in total. The van der Waals surface area contributed by atoms with Gasteiger partial charge >= 0.3 is 0 Å². The number of carbonyl (C=O) groups is 1. The van der Waals surface area contributed by atoms with Gasteiger partial charge < -0.3 is 9.16 Å². The van der Waals surface area contributed by atoms with Gasteiger partial charge in [0, 0.05) is 24.7 Å². The molecule has 1 aromatic rings. The Bertz CT molecular complexity index is 639. The average molecular weight is 361 g/mol. The van der Waals surface area contributed by atoms with E-state index in [1.165, 1.54) is 11.1 Å². The van der Waals surface area contributed by atoms with E-state index < -0.39 is 8.32 Å². The number of hydrogen-bond donors (Lipinski definition) is 0. The monoisotopic (exact) mass is 360 g/mol. The molecule has 0 aromatic heterocycles. The van der Waals surface area contributed by atoms with Gasteiger partial charge in [-0.1, -0.05) is 39.0 Å². The second kappa shape index (κ2) is 6.97. The number of ketones is 1. The minimum atomic E-state index is -1.82. The lowest BCUT2D eigenvalue weighted by atomic mass is 9.88. The SMILES string of the molecule is CC(C)(C)[Si](C)(C)O[C@H]1CCc2c(C(=O)C3CCOCC3)cccc21. The fraction of sp³-hybridized carbons (Fsp3) is 0.667. The Labute approximate surface area is 153 Å². The van der Waals surface area contributed by atoms with Crippen LogP contribution in [0.4, 0.5) is 0 Å². The van der Waals surface area contributed by atoms with Crippen molar-refractivity contribution in [1.82, 2.24) is 0 Å². The zero-order valence-corrected chi connectivity index (χ0v) is 17.4. The van der Waals surface area contributed by atoms with Gasteiger partial charge in [0.15, 0.2) is 14.1 Å². The molecule has 1 fully saturated rings.